The van der Waals surface area contributed by atoms with Gasteiger partial charge >= 0.3 is 0 Å². The van der Waals surface area contributed by atoms with Crippen molar-refractivity contribution >= 4 is 35.7 Å². The third kappa shape index (κ3) is 3.94. The maximum atomic E-state index is 6.00. The molecular weight excluding hydrogens is 406 g/mol. The minimum absolute atomic E-state index is 0.352. The lowest BCUT2D eigenvalue weighted by Gasteiger charge is -2.27. The molecule has 0 spiro atoms. The number of hydrogen-bond acceptors (Lipinski definition) is 4. The Kier molecular flexibility index (Phi) is 5.92. The Labute approximate surface area is 187 Å². The van der Waals surface area contributed by atoms with E-state index >= 15 is 0 Å². The highest BCUT2D eigenvalue weighted by atomic mass is 32.2. The van der Waals surface area contributed by atoms with Gasteiger partial charge < -0.3 is 9.64 Å². The first kappa shape index (κ1) is 20.2. The number of hydrogen-bond donors (Lipinski definition) is 0. The topological polar surface area (TPSA) is 12.5 Å². The molecule has 2 aliphatic heterocycles. The fraction of sp³-hybridized carbons (Fsp3) is 0.308. The summed E-state index contributed by atoms with van der Waals surface area (Å²) in [6.45, 7) is 2.63. The molecule has 0 amide bonds. The van der Waals surface area contributed by atoms with Crippen LogP contribution in [-0.2, 0) is 4.74 Å². The predicted octanol–water partition coefficient (Wildman–Crippen LogP) is 4.59. The summed E-state index contributed by atoms with van der Waals surface area (Å²) in [5.41, 5.74) is 5.67. The van der Waals surface area contributed by atoms with Crippen LogP contribution in [0.4, 0.5) is 0 Å². The minimum Gasteiger partial charge on any atom is -0.376 e. The van der Waals surface area contributed by atoms with Gasteiger partial charge in [-0.2, -0.15) is 0 Å². The van der Waals surface area contributed by atoms with Crippen molar-refractivity contribution in [3.05, 3.63) is 74.4 Å². The van der Waals surface area contributed by atoms with Crippen molar-refractivity contribution in [2.24, 2.45) is 0 Å². The summed E-state index contributed by atoms with van der Waals surface area (Å²) >= 11 is 3.77. The summed E-state index contributed by atoms with van der Waals surface area (Å²) in [6, 6.07) is 9.16. The molecule has 0 saturated carbocycles. The van der Waals surface area contributed by atoms with Crippen LogP contribution >= 0.6 is 23.5 Å². The number of rotatable bonds is 6. The zero-order valence-corrected chi connectivity index (χ0v) is 19.2. The molecule has 1 atom stereocenters. The van der Waals surface area contributed by atoms with Gasteiger partial charge in [-0.3, -0.25) is 0 Å². The molecule has 4 heteroatoms. The van der Waals surface area contributed by atoms with E-state index in [9.17, 15) is 0 Å². The van der Waals surface area contributed by atoms with Crippen molar-refractivity contribution in [1.82, 2.24) is 4.90 Å². The Morgan fingerprint density at radius 3 is 2.93 bits per heavy atom. The fourth-order valence-electron chi connectivity index (χ4n) is 4.41. The SMILES string of the molecule is CN(C)CCCOCC1=CC2C(=CC=c3c4cccc-4c4c(cc32)=CC=CS4)CS1. The first-order chi connectivity index (χ1) is 14.7. The van der Waals surface area contributed by atoms with E-state index in [-0.39, 0.29) is 0 Å². The predicted molar refractivity (Wildman–Crippen MR) is 132 cm³/mol. The highest BCUT2D eigenvalue weighted by molar-refractivity contribution is 8.03. The number of thioether (sulfide) groups is 2. The average Bonchev–Trinajstić information content (AvgIpc) is 3.18. The van der Waals surface area contributed by atoms with E-state index in [1.165, 1.54) is 42.5 Å². The Bertz CT molecular complexity index is 1140. The molecule has 5 aliphatic rings. The zero-order chi connectivity index (χ0) is 20.5. The second-order valence-corrected chi connectivity index (χ2v) is 10.3. The lowest BCUT2D eigenvalue weighted by atomic mass is 9.86. The highest BCUT2D eigenvalue weighted by Crippen LogP contribution is 2.40. The largest absolute Gasteiger partial charge is 0.376 e. The van der Waals surface area contributed by atoms with Crippen molar-refractivity contribution in [2.45, 2.75) is 17.2 Å². The minimum atomic E-state index is 0.352. The number of fused-ring (bicyclic) bond motifs is 7. The summed E-state index contributed by atoms with van der Waals surface area (Å²) in [5.74, 6) is 1.40. The highest BCUT2D eigenvalue weighted by Gasteiger charge is 2.26. The van der Waals surface area contributed by atoms with Crippen LogP contribution in [0.1, 0.15) is 17.9 Å². The normalized spacial score (nSPS) is 19.4. The third-order valence-electron chi connectivity index (χ3n) is 5.89. The molecule has 0 aromatic heterocycles. The van der Waals surface area contributed by atoms with Crippen LogP contribution in [-0.4, -0.2) is 44.5 Å². The van der Waals surface area contributed by atoms with Crippen LogP contribution < -0.4 is 10.4 Å². The molecule has 0 aromatic carbocycles. The molecule has 5 rings (SSSR count). The maximum absolute atomic E-state index is 6.00. The Hall–Kier alpha value is -1.72. The van der Waals surface area contributed by atoms with E-state index in [2.05, 4.69) is 79.0 Å². The van der Waals surface area contributed by atoms with Gasteiger partial charge in [0.15, 0.2) is 0 Å². The Balaban J connectivity index is 1.49. The first-order valence-electron chi connectivity index (χ1n) is 10.6. The van der Waals surface area contributed by atoms with Gasteiger partial charge in [0.05, 0.1) is 6.61 Å². The molecule has 2 nitrogen and oxygen atoms in total. The van der Waals surface area contributed by atoms with Gasteiger partial charge in [0.2, 0.25) is 0 Å². The lowest BCUT2D eigenvalue weighted by molar-refractivity contribution is 0.150. The smallest absolute Gasteiger partial charge is 0.0772 e. The number of allylic oxidation sites excluding steroid dienone is 3. The van der Waals surface area contributed by atoms with Crippen LogP contribution in [0.25, 0.3) is 23.3 Å². The van der Waals surface area contributed by atoms with Crippen LogP contribution in [0.15, 0.2) is 63.3 Å². The van der Waals surface area contributed by atoms with Gasteiger partial charge in [0.1, 0.15) is 0 Å². The van der Waals surface area contributed by atoms with Gasteiger partial charge in [-0.05, 0) is 71.2 Å². The first-order valence-corrected chi connectivity index (χ1v) is 12.4. The van der Waals surface area contributed by atoms with Gasteiger partial charge in [-0.15, -0.1) is 11.8 Å². The third-order valence-corrected chi connectivity index (χ3v) is 7.98. The van der Waals surface area contributed by atoms with Gasteiger partial charge in [0.25, 0.3) is 0 Å². The Morgan fingerprint density at radius 1 is 1.13 bits per heavy atom. The number of ether oxygens (including phenoxy) is 1. The molecule has 2 heterocycles. The number of nitrogens with zero attached hydrogens (tertiary/aromatic N) is 1. The molecule has 154 valence electrons. The van der Waals surface area contributed by atoms with Crippen molar-refractivity contribution in [2.75, 3.05) is 39.6 Å². The maximum Gasteiger partial charge on any atom is 0.0772 e. The lowest BCUT2D eigenvalue weighted by Crippen LogP contribution is -2.22. The molecule has 3 aliphatic carbocycles. The van der Waals surface area contributed by atoms with Crippen LogP contribution in [0.3, 0.4) is 0 Å². The summed E-state index contributed by atoms with van der Waals surface area (Å²) in [5, 5.41) is 4.90. The van der Waals surface area contributed by atoms with Crippen LogP contribution in [0.2, 0.25) is 0 Å². The Morgan fingerprint density at radius 2 is 2.03 bits per heavy atom. The second-order valence-electron chi connectivity index (χ2n) is 8.28. The van der Waals surface area contributed by atoms with E-state index in [0.717, 1.165) is 31.9 Å². The molecule has 0 radical (unpaired) electrons. The zero-order valence-electron chi connectivity index (χ0n) is 17.6. The van der Waals surface area contributed by atoms with Crippen LogP contribution in [0.5, 0.6) is 0 Å². The van der Waals surface area contributed by atoms with Crippen LogP contribution in [0, 0.1) is 0 Å². The van der Waals surface area contributed by atoms with E-state index in [4.69, 9.17) is 4.74 Å². The molecule has 0 aromatic rings. The molecule has 1 unspecified atom stereocenters. The van der Waals surface area contributed by atoms with Crippen molar-refractivity contribution in [3.8, 4) is 11.1 Å². The monoisotopic (exact) mass is 433 g/mol. The molecule has 30 heavy (non-hydrogen) atoms. The molecule has 0 saturated heterocycles. The summed E-state index contributed by atoms with van der Waals surface area (Å²) in [6.07, 6.45) is 12.6. The van der Waals surface area contributed by atoms with E-state index in [1.54, 1.807) is 0 Å². The van der Waals surface area contributed by atoms with Crippen molar-refractivity contribution < 1.29 is 4.74 Å². The van der Waals surface area contributed by atoms with Gasteiger partial charge in [-0.1, -0.05) is 60.3 Å². The summed E-state index contributed by atoms with van der Waals surface area (Å²) < 4.78 is 6.00. The molecule has 0 fully saturated rings. The van der Waals surface area contributed by atoms with Gasteiger partial charge in [0, 0.05) is 28.1 Å². The van der Waals surface area contributed by atoms with Gasteiger partial charge in [-0.25, -0.2) is 0 Å². The summed E-state index contributed by atoms with van der Waals surface area (Å²) in [4.78, 5) is 4.95. The molecule has 0 N–H and O–H groups in total. The van der Waals surface area contributed by atoms with E-state index in [0.29, 0.717) is 5.92 Å². The molecule has 0 bridgehead atoms. The average molecular weight is 434 g/mol. The standard InChI is InChI=1S/C26H27NOS2/c1-27(2)11-5-12-28-16-20-15-24-19(17-30-20)9-10-22-21-7-3-8-23(21)26-18(14-25(22)24)6-4-13-29-26/h3-4,6-10,13-15,24H,5,11-12,16-17H2,1-2H3. The van der Waals surface area contributed by atoms with E-state index < -0.39 is 0 Å². The quantitative estimate of drug-likeness (QED) is 0.617. The van der Waals surface area contributed by atoms with Crippen molar-refractivity contribution in [1.29, 1.82) is 0 Å². The van der Waals surface area contributed by atoms with E-state index in [1.807, 2.05) is 23.5 Å². The second kappa shape index (κ2) is 8.80. The van der Waals surface area contributed by atoms with Crippen molar-refractivity contribution in [3.63, 3.8) is 0 Å². The molecular formula is C26H27NOS2. The summed E-state index contributed by atoms with van der Waals surface area (Å²) in [7, 11) is 4.22. The fourth-order valence-corrected chi connectivity index (χ4v) is 6.30.